The maximum atomic E-state index is 3.44. The number of hydrogen-bond donors (Lipinski definition) is 0. The van der Waals surface area contributed by atoms with Crippen molar-refractivity contribution >= 4 is 90.4 Å². The van der Waals surface area contributed by atoms with Crippen molar-refractivity contribution in [2.45, 2.75) is 361 Å². The number of benzene rings is 4. The van der Waals surface area contributed by atoms with Crippen LogP contribution >= 0.6 is 16.1 Å². The predicted octanol–water partition coefficient (Wildman–Crippen LogP) is 23.7. The molecule has 0 saturated heterocycles. The third-order valence-electron chi connectivity index (χ3n) is 21.8. The van der Waals surface area contributed by atoms with Crippen molar-refractivity contribution in [1.29, 1.82) is 0 Å². The summed E-state index contributed by atoms with van der Waals surface area (Å²) in [4.78, 5) is 0. The van der Waals surface area contributed by atoms with Crippen LogP contribution in [0, 0.1) is 0 Å². The molecule has 0 atom stereocenters. The minimum absolute atomic E-state index is 0.526. The van der Waals surface area contributed by atoms with Gasteiger partial charge in [-0.15, -0.1) is 0 Å². The Balaban J connectivity index is 2.01. The highest BCUT2D eigenvalue weighted by Gasteiger charge is 2.42. The number of hydrogen-bond acceptors (Lipinski definition) is 1. The molecule has 1 nitrogen and oxygen atoms in total. The van der Waals surface area contributed by atoms with Crippen LogP contribution in [0.25, 0.3) is 0 Å². The molecule has 1 fully saturated rings. The predicted molar refractivity (Wildman–Crippen MR) is 414 cm³/mol. The Morgan fingerprint density at radius 3 is 0.759 bits per heavy atom. The van der Waals surface area contributed by atoms with Crippen LogP contribution in [-0.2, 0) is 0 Å². The Morgan fingerprint density at radius 2 is 0.506 bits per heavy atom. The van der Waals surface area contributed by atoms with Crippen LogP contribution < -0.4 is 42.0 Å². The van der Waals surface area contributed by atoms with Gasteiger partial charge >= 0.3 is 0 Å². The van der Waals surface area contributed by atoms with E-state index in [4.69, 9.17) is 0 Å². The highest BCUT2D eigenvalue weighted by Crippen LogP contribution is 2.58. The molecule has 0 heterocycles. The minimum Gasteiger partial charge on any atom is -0.242 e. The van der Waals surface area contributed by atoms with E-state index in [1.165, 1.54) is 272 Å². The molecule has 0 spiro atoms. The first kappa shape index (κ1) is 76.3. The Morgan fingerprint density at radius 1 is 0.276 bits per heavy atom. The maximum absolute atomic E-state index is 3.44. The van der Waals surface area contributed by atoms with Gasteiger partial charge in [-0.1, -0.05) is 460 Å². The van der Waals surface area contributed by atoms with Gasteiger partial charge in [0, 0.05) is 22.2 Å². The van der Waals surface area contributed by atoms with E-state index < -0.39 is 48.4 Å². The summed E-state index contributed by atoms with van der Waals surface area (Å²) in [6.45, 7) is 29.5. The summed E-state index contributed by atoms with van der Waals surface area (Å²) in [5, 5.41) is 13.8. The van der Waals surface area contributed by atoms with Crippen LogP contribution in [0.3, 0.4) is 0 Å². The molecule has 1 aliphatic carbocycles. The normalized spacial score (nSPS) is 14.2. The van der Waals surface area contributed by atoms with E-state index in [0.29, 0.717) is 6.04 Å². The first-order chi connectivity index (χ1) is 42.6. The molecule has 0 N–H and O–H groups in total. The molecule has 0 radical (unpaired) electrons. The van der Waals surface area contributed by atoms with E-state index in [9.17, 15) is 0 Å². The zero-order valence-electron chi connectivity index (χ0n) is 59.6. The third kappa shape index (κ3) is 22.4. The smallest absolute Gasteiger partial charge is 0.0867 e. The quantitative estimate of drug-likeness (QED) is 0.0315. The fraction of sp³-hybridized carbons (Fsp3) is 0.700. The summed E-state index contributed by atoms with van der Waals surface area (Å²) in [5.41, 5.74) is 0. The van der Waals surface area contributed by atoms with Crippen LogP contribution in [0.2, 0.25) is 72.5 Å². The number of nitrogens with zero attached hydrogens (tertiary/aromatic N) is 1. The molecule has 0 aromatic heterocycles. The van der Waals surface area contributed by atoms with Crippen LogP contribution in [-0.4, -0.2) is 42.8 Å². The van der Waals surface area contributed by atoms with E-state index in [-0.39, 0.29) is 0 Å². The van der Waals surface area contributed by atoms with Gasteiger partial charge in [0.1, 0.15) is 0 Å². The van der Waals surface area contributed by atoms with Crippen LogP contribution in [0.1, 0.15) is 282 Å². The molecule has 4 aromatic carbocycles. The summed E-state index contributed by atoms with van der Waals surface area (Å²) in [6.07, 6.45) is 41.8. The topological polar surface area (TPSA) is 3.24 Å². The Bertz CT molecular complexity index is 2140. The Hall–Kier alpha value is -1.43. The lowest BCUT2D eigenvalue weighted by Gasteiger charge is -2.45. The van der Waals surface area contributed by atoms with Crippen molar-refractivity contribution in [3.8, 4) is 0 Å². The molecule has 5 rings (SSSR count). The van der Waals surface area contributed by atoms with Gasteiger partial charge in [-0.05, 0) is 34.1 Å². The first-order valence-electron chi connectivity index (χ1n) is 38.4. The number of rotatable bonds is 47. The lowest BCUT2D eigenvalue weighted by Crippen LogP contribution is -2.50. The van der Waals surface area contributed by atoms with Gasteiger partial charge in [0.15, 0.2) is 0 Å². The van der Waals surface area contributed by atoms with Crippen molar-refractivity contribution in [3.05, 3.63) is 97.1 Å². The van der Waals surface area contributed by atoms with Crippen molar-refractivity contribution in [2.75, 3.05) is 0 Å². The number of unbranched alkanes of at least 4 members (excludes halogenated alkanes) is 12. The highest BCUT2D eigenvalue weighted by atomic mass is 31.2. The fourth-order valence-electron chi connectivity index (χ4n) is 16.1. The summed E-state index contributed by atoms with van der Waals surface area (Å²) in [5.74, 6) is 0. The Kier molecular flexibility index (Phi) is 37.5. The van der Waals surface area contributed by atoms with Crippen molar-refractivity contribution in [3.63, 3.8) is 0 Å². The standard InChI is InChI=1S/C80H139NP2Si4/c1-13-25-58-84(59-26-14-2,60-27-15-3)77-54-50-73(51-55-77)82(74-52-56-78(57-53-74)85(61-28-16-4,62-29-17-5)63-30-18-6)81(72-44-40-38-37-39-41-45-72)83(75-46-42-48-79(70-75)86(64-31-19-7,65-32-20-8)66-33-21-9)76-47-43-49-80(71-76)87(67-34-22-10,68-35-23-11)69-36-24-12/h42-43,46-57,70-72H,13-41,44-45,58-69H2,1-12H3. The largest absolute Gasteiger partial charge is 0.242 e. The van der Waals surface area contributed by atoms with Gasteiger partial charge in [-0.25, -0.2) is 4.44 Å². The van der Waals surface area contributed by atoms with Gasteiger partial charge < -0.3 is 0 Å². The molecule has 0 bridgehead atoms. The molecule has 1 saturated carbocycles. The second-order valence-corrected chi connectivity index (χ2v) is 51.5. The summed E-state index contributed by atoms with van der Waals surface area (Å²) in [6, 6.07) is 62.5. The third-order valence-corrected chi connectivity index (χ3v) is 49.3. The second kappa shape index (κ2) is 42.7. The first-order valence-corrected chi connectivity index (χ1v) is 51.5. The minimum atomic E-state index is -1.84. The summed E-state index contributed by atoms with van der Waals surface area (Å²) < 4.78 is 3.44. The summed E-state index contributed by atoms with van der Waals surface area (Å²) in [7, 11) is -8.99. The molecule has 87 heavy (non-hydrogen) atoms. The van der Waals surface area contributed by atoms with Crippen LogP contribution in [0.4, 0.5) is 0 Å². The van der Waals surface area contributed by atoms with E-state index in [0.717, 1.165) is 0 Å². The molecule has 0 aliphatic heterocycles. The van der Waals surface area contributed by atoms with E-state index >= 15 is 0 Å². The van der Waals surface area contributed by atoms with Crippen molar-refractivity contribution < 1.29 is 0 Å². The van der Waals surface area contributed by atoms with E-state index in [1.54, 1.807) is 31.6 Å². The van der Waals surface area contributed by atoms with Crippen molar-refractivity contribution in [1.82, 2.24) is 4.44 Å². The maximum Gasteiger partial charge on any atom is 0.0867 e. The van der Waals surface area contributed by atoms with Gasteiger partial charge in [-0.2, -0.15) is 0 Å². The Labute approximate surface area is 548 Å². The lowest BCUT2D eigenvalue weighted by molar-refractivity contribution is 0.373. The monoisotopic (exact) mass is 1290 g/mol. The summed E-state index contributed by atoms with van der Waals surface area (Å²) >= 11 is 0. The van der Waals surface area contributed by atoms with Gasteiger partial charge in [-0.3, -0.25) is 0 Å². The molecular formula is C80H139NP2Si4. The average Bonchev–Trinajstić information content (AvgIpc) is 1.46. The molecule has 490 valence electrons. The zero-order chi connectivity index (χ0) is 62.6. The van der Waals surface area contributed by atoms with E-state index in [1.807, 2.05) is 10.4 Å². The molecular weight excluding hydrogens is 1150 g/mol. The molecule has 0 amide bonds. The van der Waals surface area contributed by atoms with Crippen LogP contribution in [0.15, 0.2) is 97.1 Å². The van der Waals surface area contributed by atoms with Gasteiger partial charge in [0.05, 0.1) is 32.3 Å². The molecule has 4 aromatic rings. The van der Waals surface area contributed by atoms with Gasteiger partial charge in [0.2, 0.25) is 0 Å². The lowest BCUT2D eigenvalue weighted by atomic mass is 9.97. The van der Waals surface area contributed by atoms with Crippen LogP contribution in [0.5, 0.6) is 0 Å². The zero-order valence-corrected chi connectivity index (χ0v) is 65.4. The highest BCUT2D eigenvalue weighted by molar-refractivity contribution is 7.84. The molecule has 0 unspecified atom stereocenters. The van der Waals surface area contributed by atoms with E-state index in [2.05, 4.69) is 185 Å². The van der Waals surface area contributed by atoms with Crippen molar-refractivity contribution in [2.24, 2.45) is 0 Å². The molecule has 1 aliphatic rings. The fourth-order valence-corrected chi connectivity index (χ4v) is 45.2. The second-order valence-electron chi connectivity index (χ2n) is 28.5. The average molecular weight is 1290 g/mol. The van der Waals surface area contributed by atoms with Gasteiger partial charge in [0.25, 0.3) is 0 Å². The SMILES string of the molecule is CCCC[Si](CCCC)(CCCC)c1ccc(P(c2ccc([Si](CCCC)(CCCC)CCCC)cc2)N(C2CCCCCCC2)P(c2cccc([Si](CCCC)(CCCC)CCCC)c2)c2cccc([Si](CCCC)(CCCC)CCCC)c2)cc1. The molecule has 7 heteroatoms.